The lowest BCUT2D eigenvalue weighted by Crippen LogP contribution is -2.61. The molecule has 16 heavy (non-hydrogen) atoms. The van der Waals surface area contributed by atoms with Gasteiger partial charge in [-0.25, -0.2) is 4.39 Å². The number of rotatable bonds is 1. The van der Waals surface area contributed by atoms with Crippen LogP contribution in [0.3, 0.4) is 0 Å². The Hall–Kier alpha value is -1.09. The highest BCUT2D eigenvalue weighted by Crippen LogP contribution is 2.35. The number of halogens is 1. The fourth-order valence-electron chi connectivity index (χ4n) is 2.85. The van der Waals surface area contributed by atoms with Gasteiger partial charge in [-0.15, -0.1) is 0 Å². The van der Waals surface area contributed by atoms with E-state index in [1.54, 1.807) is 12.1 Å². The second kappa shape index (κ2) is 3.74. The average Bonchev–Trinajstić information content (AvgIpc) is 2.28. The molecule has 0 unspecified atom stereocenters. The molecule has 2 heterocycles. The molecule has 0 aromatic heterocycles. The quantitative estimate of drug-likeness (QED) is 0.779. The molecule has 1 spiro atoms. The lowest BCUT2D eigenvalue weighted by atomic mass is 9.75. The first-order valence-electron chi connectivity index (χ1n) is 5.99. The number of nitrogens with one attached hydrogen (secondary N) is 1. The van der Waals surface area contributed by atoms with Gasteiger partial charge in [-0.05, 0) is 37.1 Å². The predicted molar refractivity (Wildman–Crippen MR) is 63.1 cm³/mol. The Labute approximate surface area is 95.4 Å². The fraction of sp³-hybridized carbons (Fsp3) is 0.538. The first-order chi connectivity index (χ1) is 7.77. The summed E-state index contributed by atoms with van der Waals surface area (Å²) in [6.07, 6.45) is 2.58. The van der Waals surface area contributed by atoms with Crippen LogP contribution in [0.5, 0.6) is 0 Å². The summed E-state index contributed by atoms with van der Waals surface area (Å²) in [5, 5.41) is 3.37. The maximum Gasteiger partial charge on any atom is 0.123 e. The Morgan fingerprint density at radius 2 is 1.94 bits per heavy atom. The maximum atomic E-state index is 12.9. The normalized spacial score (nSPS) is 23.2. The van der Waals surface area contributed by atoms with Gasteiger partial charge in [0.2, 0.25) is 0 Å². The molecule has 1 aromatic carbocycles. The van der Waals surface area contributed by atoms with Crippen LogP contribution in [0.25, 0.3) is 0 Å². The van der Waals surface area contributed by atoms with Crippen LogP contribution < -0.4 is 10.2 Å². The van der Waals surface area contributed by atoms with Crippen LogP contribution in [0.4, 0.5) is 10.1 Å². The van der Waals surface area contributed by atoms with Crippen LogP contribution >= 0.6 is 0 Å². The molecule has 0 amide bonds. The third kappa shape index (κ3) is 1.69. The van der Waals surface area contributed by atoms with E-state index in [-0.39, 0.29) is 5.82 Å². The summed E-state index contributed by atoms with van der Waals surface area (Å²) in [6, 6.07) is 6.88. The van der Waals surface area contributed by atoms with Crippen LogP contribution in [0.15, 0.2) is 24.3 Å². The molecule has 1 aromatic rings. The number of hydrogen-bond acceptors (Lipinski definition) is 2. The summed E-state index contributed by atoms with van der Waals surface area (Å²) < 4.78 is 12.9. The fourth-order valence-corrected chi connectivity index (χ4v) is 2.85. The van der Waals surface area contributed by atoms with Crippen molar-refractivity contribution in [2.75, 3.05) is 31.1 Å². The van der Waals surface area contributed by atoms with Crippen molar-refractivity contribution in [2.24, 2.45) is 5.41 Å². The zero-order valence-electron chi connectivity index (χ0n) is 9.38. The summed E-state index contributed by atoms with van der Waals surface area (Å²) in [5.41, 5.74) is 1.65. The van der Waals surface area contributed by atoms with Gasteiger partial charge in [0.05, 0.1) is 0 Å². The zero-order valence-corrected chi connectivity index (χ0v) is 9.38. The molecule has 2 aliphatic heterocycles. The minimum Gasteiger partial charge on any atom is -0.371 e. The minimum absolute atomic E-state index is 0.152. The molecule has 0 radical (unpaired) electrons. The summed E-state index contributed by atoms with van der Waals surface area (Å²) >= 11 is 0. The highest BCUT2D eigenvalue weighted by atomic mass is 19.1. The van der Waals surface area contributed by atoms with E-state index in [0.717, 1.165) is 31.9 Å². The Morgan fingerprint density at radius 3 is 2.56 bits per heavy atom. The van der Waals surface area contributed by atoms with E-state index in [1.807, 2.05) is 12.1 Å². The molecular formula is C13H17FN2. The third-order valence-corrected chi connectivity index (χ3v) is 3.85. The van der Waals surface area contributed by atoms with Crippen molar-refractivity contribution in [3.8, 4) is 0 Å². The number of nitrogens with zero attached hydrogens (tertiary/aromatic N) is 1. The number of piperidine rings is 1. The lowest BCUT2D eigenvalue weighted by Gasteiger charge is -2.50. The van der Waals surface area contributed by atoms with E-state index >= 15 is 0 Å². The molecule has 2 saturated heterocycles. The van der Waals surface area contributed by atoms with Crippen molar-refractivity contribution < 1.29 is 4.39 Å². The van der Waals surface area contributed by atoms with E-state index < -0.39 is 0 Å². The van der Waals surface area contributed by atoms with Gasteiger partial charge in [0.15, 0.2) is 0 Å². The van der Waals surface area contributed by atoms with Crippen LogP contribution in [-0.2, 0) is 0 Å². The largest absolute Gasteiger partial charge is 0.371 e. The van der Waals surface area contributed by atoms with Crippen LogP contribution in [0.2, 0.25) is 0 Å². The standard InChI is InChI=1S/C13H17FN2/c14-11-2-4-12(5-3-11)16-7-1-6-13(10-16)8-15-9-13/h2-5,15H,1,6-10H2. The smallest absolute Gasteiger partial charge is 0.123 e. The molecule has 0 saturated carbocycles. The van der Waals surface area contributed by atoms with Gasteiger partial charge >= 0.3 is 0 Å². The molecule has 86 valence electrons. The SMILES string of the molecule is Fc1ccc(N2CCCC3(CNC3)C2)cc1. The number of benzene rings is 1. The highest BCUT2D eigenvalue weighted by Gasteiger charge is 2.40. The monoisotopic (exact) mass is 220 g/mol. The first kappa shape index (κ1) is 10.1. The first-order valence-corrected chi connectivity index (χ1v) is 5.99. The molecule has 3 rings (SSSR count). The van der Waals surface area contributed by atoms with Crippen molar-refractivity contribution in [3.05, 3.63) is 30.1 Å². The molecule has 2 nitrogen and oxygen atoms in total. The summed E-state index contributed by atoms with van der Waals surface area (Å²) in [7, 11) is 0. The van der Waals surface area contributed by atoms with Crippen molar-refractivity contribution >= 4 is 5.69 Å². The number of hydrogen-bond donors (Lipinski definition) is 1. The van der Waals surface area contributed by atoms with E-state index in [4.69, 9.17) is 0 Å². The summed E-state index contributed by atoms with van der Waals surface area (Å²) in [6.45, 7) is 4.51. The highest BCUT2D eigenvalue weighted by molar-refractivity contribution is 5.47. The third-order valence-electron chi connectivity index (χ3n) is 3.85. The number of anilines is 1. The van der Waals surface area contributed by atoms with E-state index in [1.165, 1.54) is 12.8 Å². The molecule has 2 aliphatic rings. The minimum atomic E-state index is -0.152. The van der Waals surface area contributed by atoms with E-state index in [2.05, 4.69) is 10.2 Å². The van der Waals surface area contributed by atoms with Gasteiger partial charge in [-0.3, -0.25) is 0 Å². The van der Waals surface area contributed by atoms with Crippen LogP contribution in [-0.4, -0.2) is 26.2 Å². The van der Waals surface area contributed by atoms with Crippen molar-refractivity contribution in [1.29, 1.82) is 0 Å². The van der Waals surface area contributed by atoms with E-state index in [9.17, 15) is 4.39 Å². The Kier molecular flexibility index (Phi) is 2.36. The van der Waals surface area contributed by atoms with Crippen molar-refractivity contribution in [3.63, 3.8) is 0 Å². The molecule has 0 bridgehead atoms. The Morgan fingerprint density at radius 1 is 1.19 bits per heavy atom. The molecule has 2 fully saturated rings. The second-order valence-corrected chi connectivity index (χ2v) is 5.11. The maximum absolute atomic E-state index is 12.9. The Bertz CT molecular complexity index is 370. The molecular weight excluding hydrogens is 203 g/mol. The summed E-state index contributed by atoms with van der Waals surface area (Å²) in [5.74, 6) is -0.152. The van der Waals surface area contributed by atoms with Gasteiger partial charge in [-0.2, -0.15) is 0 Å². The summed E-state index contributed by atoms with van der Waals surface area (Å²) in [4.78, 5) is 2.39. The Balaban J connectivity index is 1.76. The van der Waals surface area contributed by atoms with Crippen LogP contribution in [0, 0.1) is 11.2 Å². The predicted octanol–water partition coefficient (Wildman–Crippen LogP) is 2.02. The lowest BCUT2D eigenvalue weighted by molar-refractivity contribution is 0.138. The zero-order chi connectivity index (χ0) is 11.0. The van der Waals surface area contributed by atoms with Gasteiger partial charge in [0, 0.05) is 37.3 Å². The topological polar surface area (TPSA) is 15.3 Å². The molecule has 3 heteroatoms. The van der Waals surface area contributed by atoms with Gasteiger partial charge in [0.25, 0.3) is 0 Å². The van der Waals surface area contributed by atoms with Crippen LogP contribution in [0.1, 0.15) is 12.8 Å². The van der Waals surface area contributed by atoms with Gasteiger partial charge in [0.1, 0.15) is 5.82 Å². The van der Waals surface area contributed by atoms with Gasteiger partial charge in [-0.1, -0.05) is 0 Å². The van der Waals surface area contributed by atoms with Gasteiger partial charge < -0.3 is 10.2 Å². The second-order valence-electron chi connectivity index (χ2n) is 5.11. The van der Waals surface area contributed by atoms with Crippen molar-refractivity contribution in [1.82, 2.24) is 5.32 Å². The average molecular weight is 220 g/mol. The molecule has 0 atom stereocenters. The molecule has 1 N–H and O–H groups in total. The molecule has 0 aliphatic carbocycles. The van der Waals surface area contributed by atoms with E-state index in [0.29, 0.717) is 5.41 Å². The van der Waals surface area contributed by atoms with Crippen molar-refractivity contribution in [2.45, 2.75) is 12.8 Å².